The molecule has 9 heteroatoms. The fraction of sp³-hybridized carbons (Fsp3) is 0.120. The molecule has 1 N–H and O–H groups in total. The van der Waals surface area contributed by atoms with Gasteiger partial charge in [0.1, 0.15) is 5.82 Å². The van der Waals surface area contributed by atoms with E-state index in [0.29, 0.717) is 44.3 Å². The number of para-hydroxylation sites is 1. The monoisotopic (exact) mass is 494 g/mol. The molecule has 6 nitrogen and oxygen atoms in total. The lowest BCUT2D eigenvalue weighted by Gasteiger charge is -2.12. The second kappa shape index (κ2) is 10.6. The standard InChI is InChI=1S/C25H20ClFN4O2S/c1-16(32)17-10-12-18(13-11-17)28-23(33)14-15-34-25-30-29-24(19-6-2-3-7-20(19)26)31(25)22-9-5-4-8-21(22)27/h2-13H,14-15H2,1H3,(H,28,33). The summed E-state index contributed by atoms with van der Waals surface area (Å²) in [6, 6.07) is 20.2. The highest BCUT2D eigenvalue weighted by molar-refractivity contribution is 7.99. The third kappa shape index (κ3) is 5.35. The molecule has 172 valence electrons. The lowest BCUT2D eigenvalue weighted by atomic mass is 10.1. The second-order valence-corrected chi connectivity index (χ2v) is 8.82. The molecular formula is C25H20ClFN4O2S. The lowest BCUT2D eigenvalue weighted by molar-refractivity contribution is -0.115. The molecule has 0 fully saturated rings. The molecule has 1 heterocycles. The topological polar surface area (TPSA) is 76.9 Å². The first kappa shape index (κ1) is 23.7. The van der Waals surface area contributed by atoms with Gasteiger partial charge in [0, 0.05) is 29.0 Å². The molecule has 0 aliphatic heterocycles. The minimum absolute atomic E-state index is 0.0376. The molecule has 0 spiro atoms. The first-order chi connectivity index (χ1) is 16.4. The summed E-state index contributed by atoms with van der Waals surface area (Å²) in [6.45, 7) is 1.49. The zero-order valence-electron chi connectivity index (χ0n) is 18.2. The molecule has 0 bridgehead atoms. The van der Waals surface area contributed by atoms with Crippen molar-refractivity contribution < 1.29 is 14.0 Å². The van der Waals surface area contributed by atoms with Gasteiger partial charge in [0.2, 0.25) is 5.91 Å². The highest BCUT2D eigenvalue weighted by Crippen LogP contribution is 2.32. The van der Waals surface area contributed by atoms with E-state index >= 15 is 0 Å². The number of halogens is 2. The van der Waals surface area contributed by atoms with Crippen LogP contribution < -0.4 is 5.32 Å². The maximum atomic E-state index is 14.7. The quantitative estimate of drug-likeness (QED) is 0.238. The number of thioether (sulfide) groups is 1. The summed E-state index contributed by atoms with van der Waals surface area (Å²) in [5.74, 6) is 0.153. The third-order valence-corrected chi connectivity index (χ3v) is 6.24. The molecule has 0 radical (unpaired) electrons. The number of hydrogen-bond donors (Lipinski definition) is 1. The van der Waals surface area contributed by atoms with E-state index in [2.05, 4.69) is 15.5 Å². The van der Waals surface area contributed by atoms with E-state index in [1.165, 1.54) is 24.8 Å². The highest BCUT2D eigenvalue weighted by atomic mass is 35.5. The van der Waals surface area contributed by atoms with Crippen LogP contribution in [0.5, 0.6) is 0 Å². The van der Waals surface area contributed by atoms with Crippen LogP contribution in [0.25, 0.3) is 17.1 Å². The largest absolute Gasteiger partial charge is 0.326 e. The van der Waals surface area contributed by atoms with Gasteiger partial charge in [0.25, 0.3) is 0 Å². The molecule has 0 atom stereocenters. The van der Waals surface area contributed by atoms with E-state index in [1.807, 2.05) is 6.07 Å². The van der Waals surface area contributed by atoms with Crippen molar-refractivity contribution in [3.63, 3.8) is 0 Å². The number of ketones is 1. The smallest absolute Gasteiger partial charge is 0.225 e. The van der Waals surface area contributed by atoms with Crippen molar-refractivity contribution in [1.82, 2.24) is 14.8 Å². The van der Waals surface area contributed by atoms with Crippen LogP contribution in [0.15, 0.2) is 78.0 Å². The molecule has 0 saturated carbocycles. The average Bonchev–Trinajstić information content (AvgIpc) is 3.23. The van der Waals surface area contributed by atoms with Gasteiger partial charge in [-0.2, -0.15) is 0 Å². The van der Waals surface area contributed by atoms with Crippen molar-refractivity contribution in [2.45, 2.75) is 18.5 Å². The Bertz CT molecular complexity index is 1340. The maximum absolute atomic E-state index is 14.7. The Balaban J connectivity index is 1.51. The Labute approximate surface area is 205 Å². The zero-order chi connectivity index (χ0) is 24.1. The molecule has 0 saturated heterocycles. The minimum atomic E-state index is -0.427. The van der Waals surface area contributed by atoms with Crippen molar-refractivity contribution in [3.8, 4) is 17.1 Å². The number of nitrogens with zero attached hydrogens (tertiary/aromatic N) is 3. The van der Waals surface area contributed by atoms with Crippen molar-refractivity contribution in [2.75, 3.05) is 11.1 Å². The molecule has 3 aromatic carbocycles. The number of nitrogens with one attached hydrogen (secondary N) is 1. The van der Waals surface area contributed by atoms with Gasteiger partial charge in [0.05, 0.1) is 10.7 Å². The van der Waals surface area contributed by atoms with Gasteiger partial charge < -0.3 is 5.32 Å². The van der Waals surface area contributed by atoms with Gasteiger partial charge in [0.15, 0.2) is 16.8 Å². The van der Waals surface area contributed by atoms with Gasteiger partial charge in [-0.25, -0.2) is 4.39 Å². The number of hydrogen-bond acceptors (Lipinski definition) is 5. The van der Waals surface area contributed by atoms with Gasteiger partial charge in [-0.15, -0.1) is 10.2 Å². The summed E-state index contributed by atoms with van der Waals surface area (Å²) in [5.41, 5.74) is 2.10. The van der Waals surface area contributed by atoms with Crippen LogP contribution in [0.2, 0.25) is 5.02 Å². The van der Waals surface area contributed by atoms with Crippen LogP contribution in [0.4, 0.5) is 10.1 Å². The summed E-state index contributed by atoms with van der Waals surface area (Å²) < 4.78 is 16.3. The number of benzene rings is 3. The Morgan fingerprint density at radius 3 is 2.41 bits per heavy atom. The fourth-order valence-corrected chi connectivity index (χ4v) is 4.38. The summed E-state index contributed by atoms with van der Waals surface area (Å²) >= 11 is 7.66. The molecular weight excluding hydrogens is 475 g/mol. The molecule has 1 amide bonds. The molecule has 1 aromatic heterocycles. The number of anilines is 1. The van der Waals surface area contributed by atoms with E-state index in [0.717, 1.165) is 0 Å². The summed E-state index contributed by atoms with van der Waals surface area (Å²) in [4.78, 5) is 23.8. The van der Waals surface area contributed by atoms with Gasteiger partial charge in [-0.3, -0.25) is 14.2 Å². The molecule has 4 rings (SSSR count). The van der Waals surface area contributed by atoms with Crippen LogP contribution in [-0.2, 0) is 4.79 Å². The Morgan fingerprint density at radius 2 is 1.71 bits per heavy atom. The van der Waals surface area contributed by atoms with E-state index in [4.69, 9.17) is 11.6 Å². The van der Waals surface area contributed by atoms with Crippen molar-refractivity contribution in [3.05, 3.63) is 89.2 Å². The third-order valence-electron chi connectivity index (χ3n) is 4.98. The number of rotatable bonds is 8. The Kier molecular flexibility index (Phi) is 7.40. The second-order valence-electron chi connectivity index (χ2n) is 7.35. The zero-order valence-corrected chi connectivity index (χ0v) is 19.7. The Morgan fingerprint density at radius 1 is 1.00 bits per heavy atom. The predicted octanol–water partition coefficient (Wildman–Crippen LogP) is 6.05. The number of aromatic nitrogens is 3. The van der Waals surface area contributed by atoms with Crippen molar-refractivity contribution in [1.29, 1.82) is 0 Å². The summed E-state index contributed by atoms with van der Waals surface area (Å²) in [6.07, 6.45) is 0.199. The highest BCUT2D eigenvalue weighted by Gasteiger charge is 2.20. The van der Waals surface area contributed by atoms with Crippen molar-refractivity contribution >= 4 is 40.7 Å². The summed E-state index contributed by atoms with van der Waals surface area (Å²) in [7, 11) is 0. The van der Waals surface area contributed by atoms with Crippen LogP contribution in [0.3, 0.4) is 0 Å². The normalized spacial score (nSPS) is 10.8. The maximum Gasteiger partial charge on any atom is 0.225 e. The number of amides is 1. The molecule has 0 aliphatic rings. The average molecular weight is 495 g/mol. The SMILES string of the molecule is CC(=O)c1ccc(NC(=O)CCSc2nnc(-c3ccccc3Cl)n2-c2ccccc2F)cc1. The van der Waals surface area contributed by atoms with E-state index < -0.39 is 5.82 Å². The fourth-order valence-electron chi connectivity index (χ4n) is 3.28. The first-order valence-electron chi connectivity index (χ1n) is 10.4. The van der Waals surface area contributed by atoms with Crippen LogP contribution in [-0.4, -0.2) is 32.2 Å². The number of carbonyl (C=O) groups is 2. The van der Waals surface area contributed by atoms with Crippen LogP contribution in [0, 0.1) is 5.82 Å². The Hall–Kier alpha value is -3.49. The summed E-state index contributed by atoms with van der Waals surface area (Å²) in [5, 5.41) is 12.2. The molecule has 0 aliphatic carbocycles. The van der Waals surface area contributed by atoms with E-state index in [9.17, 15) is 14.0 Å². The molecule has 0 unspecified atom stereocenters. The minimum Gasteiger partial charge on any atom is -0.326 e. The van der Waals surface area contributed by atoms with Crippen LogP contribution in [0.1, 0.15) is 23.7 Å². The van der Waals surface area contributed by atoms with Gasteiger partial charge in [-0.1, -0.05) is 47.6 Å². The van der Waals surface area contributed by atoms with Gasteiger partial charge >= 0.3 is 0 Å². The number of Topliss-reactive ketones (excluding diaryl/α,β-unsaturated/α-hetero) is 1. The van der Waals surface area contributed by atoms with Gasteiger partial charge in [-0.05, 0) is 55.5 Å². The van der Waals surface area contributed by atoms with Crippen molar-refractivity contribution in [2.24, 2.45) is 0 Å². The first-order valence-corrected chi connectivity index (χ1v) is 11.8. The molecule has 34 heavy (non-hydrogen) atoms. The van der Waals surface area contributed by atoms with Crippen LogP contribution >= 0.6 is 23.4 Å². The van der Waals surface area contributed by atoms with E-state index in [1.54, 1.807) is 65.2 Å². The van der Waals surface area contributed by atoms with E-state index in [-0.39, 0.29) is 18.1 Å². The lowest BCUT2D eigenvalue weighted by Crippen LogP contribution is -2.12. The predicted molar refractivity (Wildman–Crippen MR) is 132 cm³/mol. The number of carbonyl (C=O) groups excluding carboxylic acids is 2. The molecule has 4 aromatic rings.